The predicted octanol–water partition coefficient (Wildman–Crippen LogP) is 2.92. The van der Waals surface area contributed by atoms with Gasteiger partial charge in [-0.25, -0.2) is 9.97 Å². The Balaban J connectivity index is 2.35. The molecule has 2 rings (SSSR count). The first-order valence-corrected chi connectivity index (χ1v) is 6.94. The number of benzene rings is 1. The molecule has 3 N–H and O–H groups in total. The molecule has 1 atom stereocenters. The number of nitrogen functional groups attached to an aromatic ring is 1. The Labute approximate surface area is 129 Å². The number of anilines is 1. The fourth-order valence-electron chi connectivity index (χ4n) is 2.01. The zero-order valence-electron chi connectivity index (χ0n) is 12.3. The van der Waals surface area contributed by atoms with E-state index >= 15 is 0 Å². The van der Waals surface area contributed by atoms with Crippen LogP contribution in [-0.4, -0.2) is 22.9 Å². The number of hydrogen-bond donors (Lipinski definition) is 2. The molecular weight excluding hydrogens is 286 g/mol. The molecule has 0 aliphatic rings. The monoisotopic (exact) mass is 303 g/mol. The van der Waals surface area contributed by atoms with Crippen molar-refractivity contribution in [3.05, 3.63) is 52.3 Å². The number of rotatable bonds is 4. The van der Waals surface area contributed by atoms with E-state index in [1.165, 1.54) is 0 Å². The van der Waals surface area contributed by atoms with Crippen LogP contribution in [0.25, 0.3) is 0 Å². The zero-order chi connectivity index (χ0) is 15.6. The summed E-state index contributed by atoms with van der Waals surface area (Å²) in [5.74, 6) is 0.471. The molecule has 1 heterocycles. The molecular formula is C15H18ClN5. The third kappa shape index (κ3) is 3.49. The normalized spacial score (nSPS) is 12.0. The summed E-state index contributed by atoms with van der Waals surface area (Å²) in [4.78, 5) is 10.7. The number of nitrogens with two attached hydrogens (primary N) is 1. The highest BCUT2D eigenvalue weighted by molar-refractivity contribution is 6.30. The minimum atomic E-state index is -0.0643. The Hall–Kier alpha value is -2.14. The molecule has 1 aromatic heterocycles. The fraction of sp³-hybridized carbons (Fsp3) is 0.267. The van der Waals surface area contributed by atoms with Gasteiger partial charge in [0.2, 0.25) is 5.95 Å². The first-order chi connectivity index (χ1) is 9.88. The van der Waals surface area contributed by atoms with E-state index in [1.54, 1.807) is 6.07 Å². The third-order valence-corrected chi connectivity index (χ3v) is 3.58. The van der Waals surface area contributed by atoms with Crippen molar-refractivity contribution < 1.29 is 0 Å². The molecule has 0 bridgehead atoms. The van der Waals surface area contributed by atoms with Gasteiger partial charge in [0.05, 0.1) is 6.04 Å². The molecule has 0 saturated carbocycles. The van der Waals surface area contributed by atoms with E-state index in [1.807, 2.05) is 50.1 Å². The van der Waals surface area contributed by atoms with Gasteiger partial charge in [0, 0.05) is 17.8 Å². The molecule has 1 aromatic carbocycles. The first-order valence-electron chi connectivity index (χ1n) is 6.57. The summed E-state index contributed by atoms with van der Waals surface area (Å²) in [5, 5.41) is 8.22. The van der Waals surface area contributed by atoms with E-state index < -0.39 is 0 Å². The predicted molar refractivity (Wildman–Crippen MR) is 86.1 cm³/mol. The van der Waals surface area contributed by atoms with Crippen LogP contribution in [-0.2, 0) is 0 Å². The van der Waals surface area contributed by atoms with Crippen molar-refractivity contribution in [3.8, 4) is 0 Å². The van der Waals surface area contributed by atoms with Gasteiger partial charge in [-0.05, 0) is 37.6 Å². The average Bonchev–Trinajstić information content (AvgIpc) is 2.45. The van der Waals surface area contributed by atoms with E-state index in [0.717, 1.165) is 11.3 Å². The Morgan fingerprint density at radius 2 is 2.05 bits per heavy atom. The largest absolute Gasteiger partial charge is 0.382 e. The van der Waals surface area contributed by atoms with Crippen LogP contribution >= 0.6 is 11.6 Å². The van der Waals surface area contributed by atoms with Crippen LogP contribution in [0.15, 0.2) is 30.3 Å². The Bertz CT molecular complexity index is 671. The lowest BCUT2D eigenvalue weighted by atomic mass is 10.1. The Kier molecular flexibility index (Phi) is 4.43. The first kappa shape index (κ1) is 15.3. The maximum atomic E-state index is 7.52. The van der Waals surface area contributed by atoms with Crippen molar-refractivity contribution in [1.29, 1.82) is 5.41 Å². The highest BCUT2D eigenvalue weighted by Crippen LogP contribution is 2.25. The van der Waals surface area contributed by atoms with Crippen LogP contribution in [0.1, 0.15) is 29.9 Å². The van der Waals surface area contributed by atoms with Crippen LogP contribution in [0, 0.1) is 12.3 Å². The van der Waals surface area contributed by atoms with Crippen LogP contribution in [0.5, 0.6) is 0 Å². The minimum Gasteiger partial charge on any atom is -0.382 e. The number of nitrogens with zero attached hydrogens (tertiary/aromatic N) is 3. The molecule has 110 valence electrons. The van der Waals surface area contributed by atoms with E-state index in [-0.39, 0.29) is 11.9 Å². The van der Waals surface area contributed by atoms with Gasteiger partial charge in [-0.15, -0.1) is 0 Å². The lowest BCUT2D eigenvalue weighted by Crippen LogP contribution is -2.25. The topological polar surface area (TPSA) is 78.9 Å². The molecule has 21 heavy (non-hydrogen) atoms. The van der Waals surface area contributed by atoms with Crippen molar-refractivity contribution in [2.45, 2.75) is 19.9 Å². The van der Waals surface area contributed by atoms with Crippen LogP contribution in [0.2, 0.25) is 5.02 Å². The summed E-state index contributed by atoms with van der Waals surface area (Å²) in [6.07, 6.45) is 0. The van der Waals surface area contributed by atoms with E-state index in [0.29, 0.717) is 16.7 Å². The van der Waals surface area contributed by atoms with E-state index in [4.69, 9.17) is 22.7 Å². The molecule has 2 aromatic rings. The van der Waals surface area contributed by atoms with Crippen LogP contribution in [0.3, 0.4) is 0 Å². The average molecular weight is 304 g/mol. The molecule has 0 aliphatic heterocycles. The summed E-state index contributed by atoms with van der Waals surface area (Å²) in [7, 11) is 1.91. The van der Waals surface area contributed by atoms with Crippen molar-refractivity contribution in [1.82, 2.24) is 9.97 Å². The molecule has 0 amide bonds. The maximum Gasteiger partial charge on any atom is 0.226 e. The van der Waals surface area contributed by atoms with E-state index in [9.17, 15) is 0 Å². The minimum absolute atomic E-state index is 0.0466. The highest BCUT2D eigenvalue weighted by atomic mass is 35.5. The second-order valence-electron chi connectivity index (χ2n) is 4.95. The smallest absolute Gasteiger partial charge is 0.226 e. The van der Waals surface area contributed by atoms with Gasteiger partial charge in [-0.2, -0.15) is 0 Å². The maximum absolute atomic E-state index is 7.52. The molecule has 5 nitrogen and oxygen atoms in total. The Morgan fingerprint density at radius 3 is 2.67 bits per heavy atom. The number of nitrogens with one attached hydrogen (secondary N) is 1. The van der Waals surface area contributed by atoms with Crippen molar-refractivity contribution in [2.75, 3.05) is 11.9 Å². The molecule has 1 unspecified atom stereocenters. The Morgan fingerprint density at radius 1 is 1.33 bits per heavy atom. The lowest BCUT2D eigenvalue weighted by molar-refractivity contribution is 0.712. The van der Waals surface area contributed by atoms with Gasteiger partial charge in [0.1, 0.15) is 11.5 Å². The van der Waals surface area contributed by atoms with Gasteiger partial charge in [0.15, 0.2) is 0 Å². The quantitative estimate of drug-likeness (QED) is 0.672. The van der Waals surface area contributed by atoms with E-state index in [2.05, 4.69) is 9.97 Å². The number of amidine groups is 1. The second-order valence-corrected chi connectivity index (χ2v) is 5.39. The van der Waals surface area contributed by atoms with Gasteiger partial charge in [0.25, 0.3) is 0 Å². The molecule has 0 aliphatic carbocycles. The summed E-state index contributed by atoms with van der Waals surface area (Å²) in [5.41, 5.74) is 7.79. The van der Waals surface area contributed by atoms with Gasteiger partial charge >= 0.3 is 0 Å². The lowest BCUT2D eigenvalue weighted by Gasteiger charge is -2.26. The summed E-state index contributed by atoms with van der Waals surface area (Å²) in [6.45, 7) is 3.90. The molecule has 6 heteroatoms. The summed E-state index contributed by atoms with van der Waals surface area (Å²) in [6, 6.07) is 9.43. The number of aromatic nitrogens is 2. The second kappa shape index (κ2) is 6.10. The standard InChI is InChI=1S/C15H18ClN5/c1-9-7-13(14(17)18)20-15(19-9)21(3)10(2)11-5-4-6-12(16)8-11/h4-8,10H,1-3H3,(H3,17,18). The molecule has 0 radical (unpaired) electrons. The van der Waals surface area contributed by atoms with Crippen molar-refractivity contribution >= 4 is 23.4 Å². The zero-order valence-corrected chi connectivity index (χ0v) is 13.0. The fourth-order valence-corrected chi connectivity index (χ4v) is 2.21. The highest BCUT2D eigenvalue weighted by Gasteiger charge is 2.16. The van der Waals surface area contributed by atoms with Gasteiger partial charge < -0.3 is 10.6 Å². The summed E-state index contributed by atoms with van der Waals surface area (Å²) >= 11 is 6.04. The van der Waals surface area contributed by atoms with Crippen molar-refractivity contribution in [2.24, 2.45) is 5.73 Å². The van der Waals surface area contributed by atoms with Gasteiger partial charge in [-0.1, -0.05) is 23.7 Å². The third-order valence-electron chi connectivity index (χ3n) is 3.35. The number of hydrogen-bond acceptors (Lipinski definition) is 4. The molecule has 0 fully saturated rings. The van der Waals surface area contributed by atoms with Crippen LogP contribution < -0.4 is 10.6 Å². The number of halogens is 1. The van der Waals surface area contributed by atoms with Gasteiger partial charge in [-0.3, -0.25) is 5.41 Å². The number of aryl methyl sites for hydroxylation is 1. The molecule has 0 spiro atoms. The molecule has 0 saturated heterocycles. The SMILES string of the molecule is Cc1cc(C(=N)N)nc(N(C)C(C)c2cccc(Cl)c2)n1. The summed E-state index contributed by atoms with van der Waals surface area (Å²) < 4.78 is 0. The van der Waals surface area contributed by atoms with Crippen LogP contribution in [0.4, 0.5) is 5.95 Å². The van der Waals surface area contributed by atoms with Crippen molar-refractivity contribution in [3.63, 3.8) is 0 Å².